The second-order valence-electron chi connectivity index (χ2n) is 6.48. The number of aromatic nitrogens is 1. The van der Waals surface area contributed by atoms with Gasteiger partial charge in [0.25, 0.3) is 0 Å². The standard InChI is InChI=1S/C22H24N4O4/c1-16-19(17(2)30-25-16)15-29-20-8-6-18(14-21(20)28-3)7-9-22(27)26(12-4-10-23)13-5-11-24/h6-9,14H,4-5,12-13,15H2,1-3H3/b9-7+. The molecular weight excluding hydrogens is 384 g/mol. The lowest BCUT2D eigenvalue weighted by Crippen LogP contribution is -2.31. The van der Waals surface area contributed by atoms with E-state index in [4.69, 9.17) is 24.5 Å². The third-order valence-electron chi connectivity index (χ3n) is 4.46. The van der Waals surface area contributed by atoms with Gasteiger partial charge in [0.15, 0.2) is 11.5 Å². The van der Waals surface area contributed by atoms with Crippen molar-refractivity contribution < 1.29 is 18.8 Å². The number of rotatable bonds is 10. The van der Waals surface area contributed by atoms with Gasteiger partial charge in [-0.25, -0.2) is 0 Å². The van der Waals surface area contributed by atoms with Crippen LogP contribution in [0.2, 0.25) is 0 Å². The van der Waals surface area contributed by atoms with Crippen LogP contribution in [-0.4, -0.2) is 36.2 Å². The van der Waals surface area contributed by atoms with Crippen LogP contribution >= 0.6 is 0 Å². The van der Waals surface area contributed by atoms with E-state index < -0.39 is 0 Å². The topological polar surface area (TPSA) is 112 Å². The third-order valence-corrected chi connectivity index (χ3v) is 4.46. The van der Waals surface area contributed by atoms with Gasteiger partial charge >= 0.3 is 0 Å². The molecule has 0 spiro atoms. The quantitative estimate of drug-likeness (QED) is 0.553. The molecule has 30 heavy (non-hydrogen) atoms. The molecule has 1 aromatic heterocycles. The van der Waals surface area contributed by atoms with E-state index in [1.54, 1.807) is 25.3 Å². The van der Waals surface area contributed by atoms with Crippen molar-refractivity contribution in [3.05, 3.63) is 46.9 Å². The number of benzene rings is 1. The van der Waals surface area contributed by atoms with Crippen LogP contribution in [0.4, 0.5) is 0 Å². The molecule has 0 aliphatic heterocycles. The minimum absolute atomic E-state index is 0.218. The molecule has 0 atom stereocenters. The zero-order chi connectivity index (χ0) is 21.9. The summed E-state index contributed by atoms with van der Waals surface area (Å²) in [5, 5.41) is 21.4. The number of hydrogen-bond acceptors (Lipinski definition) is 7. The first-order valence-corrected chi connectivity index (χ1v) is 9.43. The summed E-state index contributed by atoms with van der Waals surface area (Å²) in [6.45, 7) is 4.57. The molecule has 2 rings (SSSR count). The number of carbonyl (C=O) groups is 1. The molecule has 0 unspecified atom stereocenters. The monoisotopic (exact) mass is 408 g/mol. The zero-order valence-corrected chi connectivity index (χ0v) is 17.3. The van der Waals surface area contributed by atoms with Gasteiger partial charge in [-0.05, 0) is 37.6 Å². The number of nitriles is 2. The van der Waals surface area contributed by atoms with E-state index in [1.807, 2.05) is 32.1 Å². The van der Waals surface area contributed by atoms with E-state index in [1.165, 1.54) is 11.0 Å². The number of nitrogens with zero attached hydrogens (tertiary/aromatic N) is 4. The van der Waals surface area contributed by atoms with Crippen molar-refractivity contribution in [3.8, 4) is 23.6 Å². The Kier molecular flexibility index (Phi) is 8.46. The van der Waals surface area contributed by atoms with Gasteiger partial charge in [-0.2, -0.15) is 10.5 Å². The highest BCUT2D eigenvalue weighted by Gasteiger charge is 2.13. The average molecular weight is 408 g/mol. The van der Waals surface area contributed by atoms with E-state index in [2.05, 4.69) is 5.16 Å². The lowest BCUT2D eigenvalue weighted by atomic mass is 10.1. The van der Waals surface area contributed by atoms with Crippen LogP contribution < -0.4 is 9.47 Å². The van der Waals surface area contributed by atoms with Gasteiger partial charge in [0.05, 0.1) is 43.3 Å². The van der Waals surface area contributed by atoms with Gasteiger partial charge in [-0.1, -0.05) is 11.2 Å². The molecule has 1 aromatic carbocycles. The van der Waals surface area contributed by atoms with E-state index >= 15 is 0 Å². The molecule has 2 aromatic rings. The van der Waals surface area contributed by atoms with Crippen molar-refractivity contribution in [2.75, 3.05) is 20.2 Å². The number of amides is 1. The Morgan fingerprint density at radius 3 is 2.47 bits per heavy atom. The van der Waals surface area contributed by atoms with Crippen molar-refractivity contribution in [3.63, 3.8) is 0 Å². The van der Waals surface area contributed by atoms with Crippen molar-refractivity contribution in [2.45, 2.75) is 33.3 Å². The van der Waals surface area contributed by atoms with Gasteiger partial charge in [0.1, 0.15) is 12.4 Å². The highest BCUT2D eigenvalue weighted by molar-refractivity contribution is 5.91. The van der Waals surface area contributed by atoms with E-state index in [0.717, 1.165) is 16.8 Å². The van der Waals surface area contributed by atoms with Gasteiger partial charge in [0.2, 0.25) is 5.91 Å². The lowest BCUT2D eigenvalue weighted by molar-refractivity contribution is -0.125. The Morgan fingerprint density at radius 2 is 1.90 bits per heavy atom. The van der Waals surface area contributed by atoms with E-state index in [0.29, 0.717) is 37.0 Å². The van der Waals surface area contributed by atoms with Crippen LogP contribution in [0.5, 0.6) is 11.5 Å². The Labute approximate surface area is 175 Å². The largest absolute Gasteiger partial charge is 0.493 e. The Balaban J connectivity index is 2.08. The van der Waals surface area contributed by atoms with Crippen LogP contribution in [0, 0.1) is 36.5 Å². The summed E-state index contributed by atoms with van der Waals surface area (Å²) in [6, 6.07) is 9.37. The van der Waals surface area contributed by atoms with Crippen LogP contribution in [0.1, 0.15) is 35.4 Å². The average Bonchev–Trinajstić information content (AvgIpc) is 3.08. The predicted octanol–water partition coefficient (Wildman–Crippen LogP) is 3.55. The van der Waals surface area contributed by atoms with Crippen molar-refractivity contribution in [2.24, 2.45) is 0 Å². The summed E-state index contributed by atoms with van der Waals surface area (Å²) in [4.78, 5) is 13.9. The molecule has 0 radical (unpaired) electrons. The third kappa shape index (κ3) is 6.11. The van der Waals surface area contributed by atoms with Gasteiger partial charge < -0.3 is 18.9 Å². The molecule has 8 nitrogen and oxygen atoms in total. The normalized spacial score (nSPS) is 10.4. The molecule has 0 aliphatic carbocycles. The summed E-state index contributed by atoms with van der Waals surface area (Å²) in [6.07, 6.45) is 3.52. The molecule has 0 saturated carbocycles. The van der Waals surface area contributed by atoms with Crippen molar-refractivity contribution >= 4 is 12.0 Å². The molecule has 0 bridgehead atoms. The van der Waals surface area contributed by atoms with Crippen LogP contribution in [0.3, 0.4) is 0 Å². The Bertz CT molecular complexity index is 944. The van der Waals surface area contributed by atoms with Gasteiger partial charge in [-0.15, -0.1) is 0 Å². The molecule has 1 heterocycles. The van der Waals surface area contributed by atoms with Crippen molar-refractivity contribution in [1.29, 1.82) is 10.5 Å². The summed E-state index contributed by atoms with van der Waals surface area (Å²) in [5.74, 6) is 1.55. The van der Waals surface area contributed by atoms with Crippen LogP contribution in [0.25, 0.3) is 6.08 Å². The fraction of sp³-hybridized carbons (Fsp3) is 0.364. The first-order valence-electron chi connectivity index (χ1n) is 9.43. The Morgan fingerprint density at radius 1 is 1.20 bits per heavy atom. The summed E-state index contributed by atoms with van der Waals surface area (Å²) in [7, 11) is 1.54. The second kappa shape index (κ2) is 11.3. The zero-order valence-electron chi connectivity index (χ0n) is 17.3. The minimum Gasteiger partial charge on any atom is -0.493 e. The molecule has 0 N–H and O–H groups in total. The SMILES string of the molecule is COc1cc(/C=C/C(=O)N(CCC#N)CCC#N)ccc1OCc1c(C)noc1C. The highest BCUT2D eigenvalue weighted by atomic mass is 16.5. The molecule has 0 fully saturated rings. The van der Waals surface area contributed by atoms with Crippen LogP contribution in [0.15, 0.2) is 28.8 Å². The maximum Gasteiger partial charge on any atom is 0.246 e. The summed E-state index contributed by atoms with van der Waals surface area (Å²) >= 11 is 0. The number of aryl methyl sites for hydroxylation is 2. The number of ether oxygens (including phenoxy) is 2. The fourth-order valence-corrected chi connectivity index (χ4v) is 2.74. The van der Waals surface area contributed by atoms with E-state index in [9.17, 15) is 4.79 Å². The number of methoxy groups -OCH3 is 1. The molecule has 156 valence electrons. The van der Waals surface area contributed by atoms with Crippen molar-refractivity contribution in [1.82, 2.24) is 10.1 Å². The first-order chi connectivity index (χ1) is 14.5. The van der Waals surface area contributed by atoms with Gasteiger partial charge in [-0.3, -0.25) is 4.79 Å². The van der Waals surface area contributed by atoms with E-state index in [-0.39, 0.29) is 18.7 Å². The summed E-state index contributed by atoms with van der Waals surface area (Å²) in [5.41, 5.74) is 2.42. The smallest absolute Gasteiger partial charge is 0.246 e. The van der Waals surface area contributed by atoms with Crippen LogP contribution in [-0.2, 0) is 11.4 Å². The molecule has 0 aliphatic rings. The predicted molar refractivity (Wildman–Crippen MR) is 109 cm³/mol. The minimum atomic E-state index is -0.252. The molecule has 0 saturated heterocycles. The van der Waals surface area contributed by atoms with Gasteiger partial charge in [0, 0.05) is 19.2 Å². The second-order valence-corrected chi connectivity index (χ2v) is 6.48. The number of hydrogen-bond donors (Lipinski definition) is 0. The maximum absolute atomic E-state index is 12.4. The maximum atomic E-state index is 12.4. The first kappa shape index (κ1) is 22.5. The molecule has 8 heteroatoms. The molecular formula is C22H24N4O4. The number of carbonyl (C=O) groups excluding carboxylic acids is 1. The Hall–Kier alpha value is -3.78. The highest BCUT2D eigenvalue weighted by Crippen LogP contribution is 2.30. The molecule has 1 amide bonds. The lowest BCUT2D eigenvalue weighted by Gasteiger charge is -2.18. The fourth-order valence-electron chi connectivity index (χ4n) is 2.74. The summed E-state index contributed by atoms with van der Waals surface area (Å²) < 4.78 is 16.4.